The predicted octanol–water partition coefficient (Wildman–Crippen LogP) is 1.88. The minimum absolute atomic E-state index is 0.0758. The molecule has 1 amide bonds. The van der Waals surface area contributed by atoms with Gasteiger partial charge in [0, 0.05) is 12.6 Å². The lowest BCUT2D eigenvalue weighted by Gasteiger charge is -2.39. The summed E-state index contributed by atoms with van der Waals surface area (Å²) in [5.41, 5.74) is 6.34. The first-order valence-electron chi connectivity index (χ1n) is 7.85. The number of piperidine rings is 1. The van der Waals surface area contributed by atoms with Crippen LogP contribution in [0.1, 0.15) is 18.4 Å². The van der Waals surface area contributed by atoms with E-state index < -0.39 is 24.2 Å². The van der Waals surface area contributed by atoms with Gasteiger partial charge in [-0.2, -0.15) is 13.2 Å². The Morgan fingerprint density at radius 3 is 2.62 bits per heavy atom. The summed E-state index contributed by atoms with van der Waals surface area (Å²) in [6.45, 7) is 0.777. The molecule has 2 heterocycles. The van der Waals surface area contributed by atoms with Gasteiger partial charge in [0.05, 0.1) is 6.42 Å². The number of alkyl halides is 3. The summed E-state index contributed by atoms with van der Waals surface area (Å²) < 4.78 is 50.3. The molecule has 132 valence electrons. The van der Waals surface area contributed by atoms with Gasteiger partial charge in [0.15, 0.2) is 11.5 Å². The second-order valence-electron chi connectivity index (χ2n) is 6.10. The largest absolute Gasteiger partial charge is 0.486 e. The molecule has 1 aromatic rings. The highest BCUT2D eigenvalue weighted by Crippen LogP contribution is 2.33. The number of benzene rings is 1. The Morgan fingerprint density at radius 2 is 1.92 bits per heavy atom. The van der Waals surface area contributed by atoms with Crippen LogP contribution < -0.4 is 15.2 Å². The highest BCUT2D eigenvalue weighted by atomic mass is 19.4. The highest BCUT2D eigenvalue weighted by Gasteiger charge is 2.47. The first-order valence-corrected chi connectivity index (χ1v) is 7.85. The second kappa shape index (κ2) is 6.51. The quantitative estimate of drug-likeness (QED) is 0.890. The molecule has 3 rings (SSSR count). The fourth-order valence-corrected chi connectivity index (χ4v) is 3.09. The SMILES string of the molecule is NC1CCC(C(F)(F)F)N(C(=O)Cc2ccc3c(c2)OCCO3)C1. The minimum Gasteiger partial charge on any atom is -0.486 e. The Bertz CT molecular complexity index is 621. The van der Waals surface area contributed by atoms with E-state index in [1.165, 1.54) is 0 Å². The maximum Gasteiger partial charge on any atom is 0.408 e. The fraction of sp³-hybridized carbons (Fsp3) is 0.562. The summed E-state index contributed by atoms with van der Waals surface area (Å²) in [4.78, 5) is 13.3. The second-order valence-corrected chi connectivity index (χ2v) is 6.10. The van der Waals surface area contributed by atoms with Gasteiger partial charge in [-0.1, -0.05) is 6.07 Å². The smallest absolute Gasteiger partial charge is 0.408 e. The molecule has 1 saturated heterocycles. The van der Waals surface area contributed by atoms with E-state index in [1.807, 2.05) is 0 Å². The molecule has 8 heteroatoms. The predicted molar refractivity (Wildman–Crippen MR) is 79.9 cm³/mol. The number of ether oxygens (including phenoxy) is 2. The highest BCUT2D eigenvalue weighted by molar-refractivity contribution is 5.79. The summed E-state index contributed by atoms with van der Waals surface area (Å²) >= 11 is 0. The van der Waals surface area contributed by atoms with Crippen LogP contribution in [0.4, 0.5) is 13.2 Å². The standard InChI is InChI=1S/C16H19F3N2O3/c17-16(18,19)14-4-2-11(20)9-21(14)15(22)8-10-1-3-12-13(7-10)24-6-5-23-12/h1,3,7,11,14H,2,4-6,8-9,20H2. The first kappa shape index (κ1) is 16.9. The van der Waals surface area contributed by atoms with E-state index in [9.17, 15) is 18.0 Å². The Balaban J connectivity index is 1.75. The number of likely N-dealkylation sites (tertiary alicyclic amines) is 1. The number of amides is 1. The normalized spacial score (nSPS) is 23.9. The Kier molecular flexibility index (Phi) is 4.58. The van der Waals surface area contributed by atoms with E-state index in [1.54, 1.807) is 18.2 Å². The molecule has 0 radical (unpaired) electrons. The van der Waals surface area contributed by atoms with E-state index in [-0.39, 0.29) is 25.8 Å². The number of hydrogen-bond donors (Lipinski definition) is 1. The van der Waals surface area contributed by atoms with Crippen molar-refractivity contribution in [2.24, 2.45) is 5.73 Å². The van der Waals surface area contributed by atoms with Crippen LogP contribution in [0.25, 0.3) is 0 Å². The molecular formula is C16H19F3N2O3. The molecule has 0 bridgehead atoms. The maximum atomic E-state index is 13.2. The van der Waals surface area contributed by atoms with Gasteiger partial charge in [-0.25, -0.2) is 0 Å². The molecule has 5 nitrogen and oxygen atoms in total. The average molecular weight is 344 g/mol. The van der Waals surface area contributed by atoms with Crippen LogP contribution in [0.5, 0.6) is 11.5 Å². The van der Waals surface area contributed by atoms with Crippen molar-refractivity contribution in [1.82, 2.24) is 4.90 Å². The third-order valence-corrected chi connectivity index (χ3v) is 4.28. The molecule has 0 aliphatic carbocycles. The van der Waals surface area contributed by atoms with Crippen LogP contribution in [0.2, 0.25) is 0 Å². The number of carbonyl (C=O) groups excluding carboxylic acids is 1. The van der Waals surface area contributed by atoms with Crippen LogP contribution in [0.3, 0.4) is 0 Å². The average Bonchev–Trinajstić information content (AvgIpc) is 2.53. The van der Waals surface area contributed by atoms with Crippen LogP contribution in [-0.4, -0.2) is 48.8 Å². The van der Waals surface area contributed by atoms with Gasteiger partial charge in [-0.3, -0.25) is 4.79 Å². The van der Waals surface area contributed by atoms with Gasteiger partial charge in [-0.15, -0.1) is 0 Å². The van der Waals surface area contributed by atoms with Gasteiger partial charge in [0.25, 0.3) is 0 Å². The fourth-order valence-electron chi connectivity index (χ4n) is 3.09. The molecule has 2 N–H and O–H groups in total. The Labute approximate surface area is 137 Å². The number of hydrogen-bond acceptors (Lipinski definition) is 4. The molecule has 1 fully saturated rings. The Hall–Kier alpha value is -1.96. The molecule has 2 aliphatic heterocycles. The van der Waals surface area contributed by atoms with E-state index in [2.05, 4.69) is 0 Å². The zero-order chi connectivity index (χ0) is 17.3. The van der Waals surface area contributed by atoms with Crippen LogP contribution in [0.15, 0.2) is 18.2 Å². The zero-order valence-corrected chi connectivity index (χ0v) is 13.0. The number of halogens is 3. The summed E-state index contributed by atoms with van der Waals surface area (Å²) in [5.74, 6) is 0.504. The van der Waals surface area contributed by atoms with Gasteiger partial charge in [0.2, 0.25) is 5.91 Å². The third-order valence-electron chi connectivity index (χ3n) is 4.28. The number of nitrogens with zero attached hydrogens (tertiary/aromatic N) is 1. The zero-order valence-electron chi connectivity index (χ0n) is 13.0. The molecular weight excluding hydrogens is 325 g/mol. The lowest BCUT2D eigenvalue weighted by atomic mass is 9.97. The first-order chi connectivity index (χ1) is 11.3. The molecule has 24 heavy (non-hydrogen) atoms. The van der Waals surface area contributed by atoms with Gasteiger partial charge >= 0.3 is 6.18 Å². The molecule has 2 atom stereocenters. The summed E-state index contributed by atoms with van der Waals surface area (Å²) in [7, 11) is 0. The monoisotopic (exact) mass is 344 g/mol. The van der Waals surface area contributed by atoms with E-state index in [0.717, 1.165) is 4.90 Å². The van der Waals surface area contributed by atoms with Crippen LogP contribution in [-0.2, 0) is 11.2 Å². The maximum absolute atomic E-state index is 13.2. The summed E-state index contributed by atoms with van der Waals surface area (Å²) in [6, 6.07) is 2.78. The lowest BCUT2D eigenvalue weighted by Crippen LogP contribution is -2.57. The van der Waals surface area contributed by atoms with E-state index in [0.29, 0.717) is 30.3 Å². The summed E-state index contributed by atoms with van der Waals surface area (Å²) in [5, 5.41) is 0. The number of nitrogens with two attached hydrogens (primary N) is 1. The topological polar surface area (TPSA) is 64.8 Å². The van der Waals surface area contributed by atoms with Crippen molar-refractivity contribution in [2.75, 3.05) is 19.8 Å². The molecule has 2 aliphatic rings. The van der Waals surface area contributed by atoms with Crippen LogP contribution in [0, 0.1) is 0 Å². The van der Waals surface area contributed by atoms with Crippen molar-refractivity contribution in [3.05, 3.63) is 23.8 Å². The number of fused-ring (bicyclic) bond motifs is 1. The molecule has 2 unspecified atom stereocenters. The van der Waals surface area contributed by atoms with Crippen molar-refractivity contribution in [3.63, 3.8) is 0 Å². The van der Waals surface area contributed by atoms with E-state index >= 15 is 0 Å². The minimum atomic E-state index is -4.44. The van der Waals surface area contributed by atoms with Crippen molar-refractivity contribution in [3.8, 4) is 11.5 Å². The van der Waals surface area contributed by atoms with Gasteiger partial charge < -0.3 is 20.1 Å². The third kappa shape index (κ3) is 3.58. The van der Waals surface area contributed by atoms with Gasteiger partial charge in [0.1, 0.15) is 19.3 Å². The molecule has 0 saturated carbocycles. The van der Waals surface area contributed by atoms with Crippen molar-refractivity contribution < 1.29 is 27.4 Å². The molecule has 0 spiro atoms. The number of rotatable bonds is 2. The van der Waals surface area contributed by atoms with Crippen LogP contribution >= 0.6 is 0 Å². The van der Waals surface area contributed by atoms with Crippen molar-refractivity contribution in [1.29, 1.82) is 0 Å². The van der Waals surface area contributed by atoms with Gasteiger partial charge in [-0.05, 0) is 30.5 Å². The Morgan fingerprint density at radius 1 is 1.21 bits per heavy atom. The summed E-state index contributed by atoms with van der Waals surface area (Å²) in [6.07, 6.45) is -4.46. The lowest BCUT2D eigenvalue weighted by molar-refractivity contribution is -0.196. The van der Waals surface area contributed by atoms with Crippen molar-refractivity contribution in [2.45, 2.75) is 37.5 Å². The number of carbonyl (C=O) groups is 1. The van der Waals surface area contributed by atoms with Crippen molar-refractivity contribution >= 4 is 5.91 Å². The molecule has 0 aromatic heterocycles. The van der Waals surface area contributed by atoms with E-state index in [4.69, 9.17) is 15.2 Å². The molecule has 1 aromatic carbocycles.